The Bertz CT molecular complexity index is 711. The molecule has 0 spiro atoms. The average Bonchev–Trinajstić information content (AvgIpc) is 2.44. The van der Waals surface area contributed by atoms with Gasteiger partial charge in [-0.15, -0.1) is 0 Å². The van der Waals surface area contributed by atoms with Gasteiger partial charge in [0.15, 0.2) is 11.5 Å². The molecule has 0 aliphatic heterocycles. The minimum absolute atomic E-state index is 0.0253. The zero-order chi connectivity index (χ0) is 19.6. The van der Waals surface area contributed by atoms with Crippen molar-refractivity contribution in [2.75, 3.05) is 0 Å². The molecule has 138 valence electrons. The molecule has 0 unspecified atom stereocenters. The number of aromatic hydroxyl groups is 3. The van der Waals surface area contributed by atoms with Gasteiger partial charge < -0.3 is 15.3 Å². The number of phenols is 3. The van der Waals surface area contributed by atoms with Gasteiger partial charge in [-0.1, -0.05) is 59.7 Å². The minimum Gasteiger partial charge on any atom is -0.507 e. The lowest BCUT2D eigenvalue weighted by Gasteiger charge is -2.30. The minimum atomic E-state index is -0.0764. The second kappa shape index (κ2) is 7.38. The third kappa shape index (κ3) is 5.15. The molecule has 2 aromatic rings. The standard InChI is InChI=1S/C16H26O.C6H6O2/c1-10-9-12(15(3,4)5)14(17)13(11(10)2)16(6,7)8;7-5-3-1-2-4-6(5)8/h9,17H,1-8H3;1-4,7-8H. The average molecular weight is 344 g/mol. The Labute approximate surface area is 152 Å². The predicted molar refractivity (Wildman–Crippen MR) is 105 cm³/mol. The normalized spacial score (nSPS) is 11.7. The van der Waals surface area contributed by atoms with Crippen molar-refractivity contribution >= 4 is 0 Å². The number of aryl methyl sites for hydroxylation is 1. The first-order valence-electron chi connectivity index (χ1n) is 8.58. The molecule has 0 bridgehead atoms. The van der Waals surface area contributed by atoms with E-state index in [1.807, 2.05) is 0 Å². The van der Waals surface area contributed by atoms with Crippen LogP contribution in [0.1, 0.15) is 63.8 Å². The quantitative estimate of drug-likeness (QED) is 0.537. The van der Waals surface area contributed by atoms with Crippen molar-refractivity contribution < 1.29 is 15.3 Å². The number of hydrogen-bond acceptors (Lipinski definition) is 3. The molecule has 0 heterocycles. The molecule has 0 saturated carbocycles. The van der Waals surface area contributed by atoms with Crippen molar-refractivity contribution in [2.45, 2.75) is 66.2 Å². The van der Waals surface area contributed by atoms with Crippen molar-refractivity contribution in [3.05, 3.63) is 52.6 Å². The van der Waals surface area contributed by atoms with Crippen molar-refractivity contribution in [3.63, 3.8) is 0 Å². The Morgan fingerprint density at radius 2 is 1.16 bits per heavy atom. The van der Waals surface area contributed by atoms with Gasteiger partial charge in [-0.2, -0.15) is 0 Å². The van der Waals surface area contributed by atoms with E-state index in [-0.39, 0.29) is 22.3 Å². The second-order valence-electron chi connectivity index (χ2n) is 8.58. The molecule has 0 fully saturated rings. The van der Waals surface area contributed by atoms with Crippen LogP contribution in [0, 0.1) is 13.8 Å². The molecule has 25 heavy (non-hydrogen) atoms. The molecule has 0 aliphatic carbocycles. The first-order valence-corrected chi connectivity index (χ1v) is 8.58. The van der Waals surface area contributed by atoms with E-state index >= 15 is 0 Å². The number of hydrogen-bond donors (Lipinski definition) is 3. The van der Waals surface area contributed by atoms with Gasteiger partial charge in [0.05, 0.1) is 0 Å². The molecule has 0 atom stereocenters. The molecule has 0 aliphatic rings. The summed E-state index contributed by atoms with van der Waals surface area (Å²) >= 11 is 0. The van der Waals surface area contributed by atoms with Gasteiger partial charge in [-0.3, -0.25) is 0 Å². The van der Waals surface area contributed by atoms with Crippen LogP contribution in [0.15, 0.2) is 30.3 Å². The van der Waals surface area contributed by atoms with Crippen LogP contribution < -0.4 is 0 Å². The molecule has 0 saturated heterocycles. The second-order valence-corrected chi connectivity index (χ2v) is 8.58. The van der Waals surface area contributed by atoms with E-state index in [9.17, 15) is 5.11 Å². The molecule has 2 aromatic carbocycles. The van der Waals surface area contributed by atoms with E-state index < -0.39 is 0 Å². The van der Waals surface area contributed by atoms with Gasteiger partial charge in [0.1, 0.15) is 5.75 Å². The molecule has 0 amide bonds. The van der Waals surface area contributed by atoms with Gasteiger partial charge in [0.2, 0.25) is 0 Å². The first-order chi connectivity index (χ1) is 11.3. The Morgan fingerprint density at radius 3 is 1.48 bits per heavy atom. The highest BCUT2D eigenvalue weighted by atomic mass is 16.3. The van der Waals surface area contributed by atoms with Crippen LogP contribution in [-0.4, -0.2) is 15.3 Å². The van der Waals surface area contributed by atoms with E-state index in [2.05, 4.69) is 61.5 Å². The van der Waals surface area contributed by atoms with Crippen molar-refractivity contribution in [2.24, 2.45) is 0 Å². The van der Waals surface area contributed by atoms with Gasteiger partial charge >= 0.3 is 0 Å². The smallest absolute Gasteiger partial charge is 0.157 e. The van der Waals surface area contributed by atoms with Crippen LogP contribution in [0.2, 0.25) is 0 Å². The van der Waals surface area contributed by atoms with Crippen molar-refractivity contribution in [1.29, 1.82) is 0 Å². The molecule has 2 rings (SSSR count). The maximum absolute atomic E-state index is 10.6. The molecule has 3 N–H and O–H groups in total. The fourth-order valence-electron chi connectivity index (χ4n) is 2.86. The van der Waals surface area contributed by atoms with Gasteiger partial charge in [-0.25, -0.2) is 0 Å². The summed E-state index contributed by atoms with van der Waals surface area (Å²) < 4.78 is 0. The summed E-state index contributed by atoms with van der Waals surface area (Å²) in [5, 5.41) is 27.9. The Hall–Kier alpha value is -2.16. The van der Waals surface area contributed by atoms with Crippen molar-refractivity contribution in [1.82, 2.24) is 0 Å². The summed E-state index contributed by atoms with van der Waals surface area (Å²) in [6.45, 7) is 17.1. The highest BCUT2D eigenvalue weighted by Crippen LogP contribution is 2.41. The van der Waals surface area contributed by atoms with E-state index in [1.165, 1.54) is 23.3 Å². The van der Waals surface area contributed by atoms with Gasteiger partial charge in [0, 0.05) is 5.56 Å². The third-order valence-electron chi connectivity index (χ3n) is 4.26. The highest BCUT2D eigenvalue weighted by molar-refractivity contribution is 5.54. The van der Waals surface area contributed by atoms with Crippen molar-refractivity contribution in [3.8, 4) is 17.2 Å². The molecule has 0 aromatic heterocycles. The van der Waals surface area contributed by atoms with Crippen LogP contribution in [0.25, 0.3) is 0 Å². The molecular formula is C22H32O3. The number of para-hydroxylation sites is 2. The number of rotatable bonds is 0. The lowest BCUT2D eigenvalue weighted by molar-refractivity contribution is 0.404. The summed E-state index contributed by atoms with van der Waals surface area (Å²) in [6.07, 6.45) is 0. The van der Waals surface area contributed by atoms with Crippen LogP contribution in [-0.2, 0) is 10.8 Å². The van der Waals surface area contributed by atoms with E-state index in [1.54, 1.807) is 12.1 Å². The number of benzene rings is 2. The SMILES string of the molecule is Cc1cc(C(C)(C)C)c(O)c(C(C)(C)C)c1C.Oc1ccccc1O. The zero-order valence-electron chi connectivity index (χ0n) is 16.7. The Balaban J connectivity index is 0.000000324. The summed E-state index contributed by atoms with van der Waals surface area (Å²) in [5.74, 6) is 0.327. The molecule has 3 heteroatoms. The highest BCUT2D eigenvalue weighted by Gasteiger charge is 2.27. The maximum atomic E-state index is 10.6. The van der Waals surface area contributed by atoms with Gasteiger partial charge in [-0.05, 0) is 53.5 Å². The summed E-state index contributed by atoms with van der Waals surface area (Å²) in [6, 6.07) is 8.27. The van der Waals surface area contributed by atoms with Crippen LogP contribution in [0.3, 0.4) is 0 Å². The third-order valence-corrected chi connectivity index (χ3v) is 4.26. The lowest BCUT2D eigenvalue weighted by Crippen LogP contribution is -2.19. The fourth-order valence-corrected chi connectivity index (χ4v) is 2.86. The van der Waals surface area contributed by atoms with E-state index in [4.69, 9.17) is 10.2 Å². The van der Waals surface area contributed by atoms with E-state index in [0.29, 0.717) is 5.75 Å². The Morgan fingerprint density at radius 1 is 0.720 bits per heavy atom. The summed E-state index contributed by atoms with van der Waals surface area (Å²) in [7, 11) is 0. The lowest BCUT2D eigenvalue weighted by atomic mass is 9.76. The Kier molecular flexibility index (Phi) is 6.17. The summed E-state index contributed by atoms with van der Waals surface area (Å²) in [5.41, 5.74) is 4.55. The fraction of sp³-hybridized carbons (Fsp3) is 0.455. The van der Waals surface area contributed by atoms with Gasteiger partial charge in [0.25, 0.3) is 0 Å². The maximum Gasteiger partial charge on any atom is 0.157 e. The first kappa shape index (κ1) is 20.9. The predicted octanol–water partition coefficient (Wildman–Crippen LogP) is 5.70. The zero-order valence-corrected chi connectivity index (χ0v) is 16.7. The monoisotopic (exact) mass is 344 g/mol. The van der Waals surface area contributed by atoms with Crippen LogP contribution in [0.4, 0.5) is 0 Å². The molecule has 0 radical (unpaired) electrons. The summed E-state index contributed by atoms with van der Waals surface area (Å²) in [4.78, 5) is 0. The largest absolute Gasteiger partial charge is 0.507 e. The molecular weight excluding hydrogens is 312 g/mol. The number of phenolic OH excluding ortho intramolecular Hbond substituents is 3. The van der Waals surface area contributed by atoms with E-state index in [0.717, 1.165) is 11.1 Å². The molecule has 3 nitrogen and oxygen atoms in total. The topological polar surface area (TPSA) is 60.7 Å². The van der Waals surface area contributed by atoms with Crippen LogP contribution >= 0.6 is 0 Å². The van der Waals surface area contributed by atoms with Crippen LogP contribution in [0.5, 0.6) is 17.2 Å².